The van der Waals surface area contributed by atoms with E-state index >= 15 is 0 Å². The molecule has 188 valence electrons. The molecule has 3 aromatic rings. The molecular formula is C29H33N3O4. The number of para-hydroxylation sites is 1. The first-order chi connectivity index (χ1) is 17.6. The summed E-state index contributed by atoms with van der Waals surface area (Å²) < 4.78 is 5.49. The number of imide groups is 1. The van der Waals surface area contributed by atoms with Crippen LogP contribution in [-0.4, -0.2) is 46.8 Å². The van der Waals surface area contributed by atoms with Crippen LogP contribution in [0.15, 0.2) is 54.7 Å². The van der Waals surface area contributed by atoms with Crippen LogP contribution >= 0.6 is 0 Å². The summed E-state index contributed by atoms with van der Waals surface area (Å²) in [6.07, 6.45) is 7.50. The predicted octanol–water partition coefficient (Wildman–Crippen LogP) is 4.85. The number of H-pyrrole nitrogens is 1. The molecule has 0 radical (unpaired) electrons. The third-order valence-corrected chi connectivity index (χ3v) is 7.44. The molecule has 1 atom stereocenters. The quantitative estimate of drug-likeness (QED) is 0.461. The lowest BCUT2D eigenvalue weighted by Crippen LogP contribution is -2.48. The number of carbonyl (C=O) groups excluding carboxylic acids is 3. The number of anilines is 1. The number of aromatic amines is 1. The van der Waals surface area contributed by atoms with Gasteiger partial charge in [0.15, 0.2) is 0 Å². The molecule has 7 nitrogen and oxygen atoms in total. The number of amides is 3. The van der Waals surface area contributed by atoms with Gasteiger partial charge in [-0.25, -0.2) is 4.90 Å². The number of ether oxygens (including phenoxy) is 1. The molecule has 1 saturated heterocycles. The van der Waals surface area contributed by atoms with Crippen molar-refractivity contribution in [2.75, 3.05) is 18.1 Å². The number of nitrogens with one attached hydrogen (secondary N) is 1. The van der Waals surface area contributed by atoms with E-state index in [0.717, 1.165) is 48.6 Å². The summed E-state index contributed by atoms with van der Waals surface area (Å²) in [5.41, 5.74) is 2.66. The zero-order valence-electron chi connectivity index (χ0n) is 20.7. The van der Waals surface area contributed by atoms with Crippen molar-refractivity contribution in [2.24, 2.45) is 5.92 Å². The van der Waals surface area contributed by atoms with Crippen LogP contribution in [0.5, 0.6) is 5.75 Å². The molecule has 2 fully saturated rings. The smallest absolute Gasteiger partial charge is 0.257 e. The van der Waals surface area contributed by atoms with Crippen LogP contribution in [0.4, 0.5) is 5.69 Å². The van der Waals surface area contributed by atoms with Crippen molar-refractivity contribution in [3.8, 4) is 5.75 Å². The Balaban J connectivity index is 1.39. The lowest BCUT2D eigenvalue weighted by Gasteiger charge is -2.32. The van der Waals surface area contributed by atoms with E-state index in [-0.39, 0.29) is 30.1 Å². The first-order valence-corrected chi connectivity index (χ1v) is 13.0. The molecule has 2 aromatic carbocycles. The highest BCUT2D eigenvalue weighted by molar-refractivity contribution is 6.23. The number of aromatic nitrogens is 1. The number of hydrogen-bond acceptors (Lipinski definition) is 4. The normalized spacial score (nSPS) is 18.7. The minimum atomic E-state index is -0.774. The van der Waals surface area contributed by atoms with Gasteiger partial charge >= 0.3 is 0 Å². The Hall–Kier alpha value is -3.61. The fourth-order valence-electron chi connectivity index (χ4n) is 5.57. The average Bonchev–Trinajstić information content (AvgIpc) is 3.45. The molecule has 0 spiro atoms. The van der Waals surface area contributed by atoms with Crippen LogP contribution in [0.2, 0.25) is 0 Å². The van der Waals surface area contributed by atoms with Gasteiger partial charge in [0.2, 0.25) is 11.8 Å². The van der Waals surface area contributed by atoms with E-state index in [1.807, 2.05) is 31.3 Å². The van der Waals surface area contributed by atoms with Gasteiger partial charge in [0.05, 0.1) is 18.7 Å². The highest BCUT2D eigenvalue weighted by atomic mass is 16.5. The monoisotopic (exact) mass is 487 g/mol. The maximum absolute atomic E-state index is 13.7. The van der Waals surface area contributed by atoms with Crippen LogP contribution in [0.25, 0.3) is 10.9 Å². The third-order valence-electron chi connectivity index (χ3n) is 7.44. The summed E-state index contributed by atoms with van der Waals surface area (Å²) in [5.74, 6) is 0.0121. The van der Waals surface area contributed by atoms with Crippen LogP contribution in [0.3, 0.4) is 0 Å². The molecule has 36 heavy (non-hydrogen) atoms. The van der Waals surface area contributed by atoms with Gasteiger partial charge in [-0.2, -0.15) is 0 Å². The van der Waals surface area contributed by atoms with Crippen molar-refractivity contribution in [3.05, 3.63) is 60.3 Å². The van der Waals surface area contributed by atoms with Crippen LogP contribution in [0, 0.1) is 5.92 Å². The van der Waals surface area contributed by atoms with Gasteiger partial charge in [-0.1, -0.05) is 37.5 Å². The lowest BCUT2D eigenvalue weighted by atomic mass is 9.87. The molecule has 1 unspecified atom stereocenters. The Kier molecular flexibility index (Phi) is 7.07. The number of fused-ring (bicyclic) bond motifs is 1. The maximum Gasteiger partial charge on any atom is 0.257 e. The van der Waals surface area contributed by atoms with Gasteiger partial charge in [0, 0.05) is 29.6 Å². The number of nitrogens with zero attached hydrogens (tertiary/aromatic N) is 2. The molecule has 2 heterocycles. The minimum Gasteiger partial charge on any atom is -0.494 e. The van der Waals surface area contributed by atoms with E-state index in [0.29, 0.717) is 31.0 Å². The minimum absolute atomic E-state index is 0.00855. The molecular weight excluding hydrogens is 454 g/mol. The third kappa shape index (κ3) is 4.74. The van der Waals surface area contributed by atoms with Crippen LogP contribution in [0.1, 0.15) is 51.0 Å². The van der Waals surface area contributed by atoms with E-state index < -0.39 is 6.04 Å². The van der Waals surface area contributed by atoms with Crippen molar-refractivity contribution in [3.63, 3.8) is 0 Å². The Morgan fingerprint density at radius 1 is 1.06 bits per heavy atom. The van der Waals surface area contributed by atoms with E-state index in [2.05, 4.69) is 11.1 Å². The fourth-order valence-corrected chi connectivity index (χ4v) is 5.57. The Bertz CT molecular complexity index is 1240. The molecule has 3 amide bonds. The molecule has 1 aliphatic heterocycles. The summed E-state index contributed by atoms with van der Waals surface area (Å²) >= 11 is 0. The average molecular weight is 488 g/mol. The molecule has 1 saturated carbocycles. The molecule has 7 heteroatoms. The first-order valence-electron chi connectivity index (χ1n) is 13.0. The molecule has 5 rings (SSSR count). The van der Waals surface area contributed by atoms with Crippen LogP contribution < -0.4 is 9.64 Å². The van der Waals surface area contributed by atoms with Gasteiger partial charge < -0.3 is 14.6 Å². The van der Waals surface area contributed by atoms with Crippen molar-refractivity contribution in [1.82, 2.24) is 9.88 Å². The largest absolute Gasteiger partial charge is 0.494 e. The Morgan fingerprint density at radius 2 is 1.81 bits per heavy atom. The SMILES string of the molecule is CCOc1ccc(N2C(=O)CC(N(CCc3c[nH]c4ccccc34)C(=O)C3CCCCC3)C2=O)cc1. The molecule has 1 N–H and O–H groups in total. The zero-order valence-corrected chi connectivity index (χ0v) is 20.7. The molecule has 0 bridgehead atoms. The second-order valence-electron chi connectivity index (χ2n) is 9.69. The summed E-state index contributed by atoms with van der Waals surface area (Å²) in [5, 5.41) is 1.12. The number of benzene rings is 2. The second-order valence-corrected chi connectivity index (χ2v) is 9.69. The van der Waals surface area contributed by atoms with E-state index in [4.69, 9.17) is 4.74 Å². The van der Waals surface area contributed by atoms with Gasteiger partial charge in [-0.05, 0) is 62.1 Å². The Labute approximate surface area is 211 Å². The van der Waals surface area contributed by atoms with Crippen LogP contribution in [-0.2, 0) is 20.8 Å². The molecule has 1 aliphatic carbocycles. The van der Waals surface area contributed by atoms with Gasteiger partial charge in [-0.3, -0.25) is 14.4 Å². The van der Waals surface area contributed by atoms with Crippen molar-refractivity contribution >= 4 is 34.3 Å². The highest BCUT2D eigenvalue weighted by Gasteiger charge is 2.45. The fraction of sp³-hybridized carbons (Fsp3) is 0.414. The topological polar surface area (TPSA) is 82.7 Å². The number of rotatable bonds is 8. The standard InChI is InChI=1S/C29H33N3O4/c1-2-36-23-14-12-22(13-15-23)32-27(33)18-26(29(32)35)31(28(34)20-8-4-3-5-9-20)17-16-21-19-30-25-11-7-6-10-24(21)25/h6-7,10-15,19-20,26,30H,2-5,8-9,16-18H2,1H3. The summed E-state index contributed by atoms with van der Waals surface area (Å²) in [4.78, 5) is 46.6. The molecule has 1 aromatic heterocycles. The van der Waals surface area contributed by atoms with Crippen molar-refractivity contribution in [1.29, 1.82) is 0 Å². The van der Waals surface area contributed by atoms with E-state index in [9.17, 15) is 14.4 Å². The maximum atomic E-state index is 13.7. The summed E-state index contributed by atoms with van der Waals surface area (Å²) in [6, 6.07) is 14.3. The van der Waals surface area contributed by atoms with Gasteiger partial charge in [0.25, 0.3) is 5.91 Å². The van der Waals surface area contributed by atoms with E-state index in [1.54, 1.807) is 29.2 Å². The van der Waals surface area contributed by atoms with Crippen molar-refractivity contribution < 1.29 is 19.1 Å². The zero-order chi connectivity index (χ0) is 25.1. The van der Waals surface area contributed by atoms with Crippen molar-refractivity contribution in [2.45, 2.75) is 57.9 Å². The van der Waals surface area contributed by atoms with E-state index in [1.165, 1.54) is 4.90 Å². The van der Waals surface area contributed by atoms with Gasteiger partial charge in [-0.15, -0.1) is 0 Å². The predicted molar refractivity (Wildman–Crippen MR) is 139 cm³/mol. The number of carbonyl (C=O) groups is 3. The lowest BCUT2D eigenvalue weighted by molar-refractivity contribution is -0.142. The molecule has 2 aliphatic rings. The first kappa shape index (κ1) is 24.1. The summed E-state index contributed by atoms with van der Waals surface area (Å²) in [7, 11) is 0. The second kappa shape index (κ2) is 10.6. The van der Waals surface area contributed by atoms with Gasteiger partial charge in [0.1, 0.15) is 11.8 Å². The Morgan fingerprint density at radius 3 is 2.56 bits per heavy atom. The summed E-state index contributed by atoms with van der Waals surface area (Å²) in [6.45, 7) is 2.84. The highest BCUT2D eigenvalue weighted by Crippen LogP contribution is 2.31. The number of hydrogen-bond donors (Lipinski definition) is 1.